The van der Waals surface area contributed by atoms with Crippen LogP contribution < -0.4 is 4.74 Å². The molecule has 2 aromatic rings. The number of ether oxygens (including phenoxy) is 1. The Kier molecular flexibility index (Phi) is 6.95. The summed E-state index contributed by atoms with van der Waals surface area (Å²) >= 11 is 0. The fourth-order valence-electron chi connectivity index (χ4n) is 3.25. The quantitative estimate of drug-likeness (QED) is 0.416. The molecular formula is C23H24N2O5. The van der Waals surface area contributed by atoms with Gasteiger partial charge in [-0.3, -0.25) is 19.2 Å². The number of rotatable bonds is 6. The van der Waals surface area contributed by atoms with Crippen molar-refractivity contribution in [3.8, 4) is 5.75 Å². The van der Waals surface area contributed by atoms with Crippen LogP contribution in [-0.4, -0.2) is 59.5 Å². The maximum atomic E-state index is 12.4. The number of amides is 2. The highest BCUT2D eigenvalue weighted by atomic mass is 16.5. The van der Waals surface area contributed by atoms with Gasteiger partial charge in [-0.25, -0.2) is 0 Å². The van der Waals surface area contributed by atoms with Crippen LogP contribution in [0.1, 0.15) is 35.7 Å². The molecule has 2 aromatic carbocycles. The van der Waals surface area contributed by atoms with E-state index in [0.717, 1.165) is 0 Å². The molecule has 7 nitrogen and oxygen atoms in total. The summed E-state index contributed by atoms with van der Waals surface area (Å²) in [5.74, 6) is -0.412. The molecule has 7 heteroatoms. The number of piperazine rings is 1. The zero-order chi connectivity index (χ0) is 21.5. The van der Waals surface area contributed by atoms with Gasteiger partial charge in [0.15, 0.2) is 5.78 Å². The molecule has 0 spiro atoms. The minimum atomic E-state index is -0.507. The maximum Gasteiger partial charge on any atom is 0.311 e. The van der Waals surface area contributed by atoms with E-state index in [1.807, 2.05) is 6.07 Å². The van der Waals surface area contributed by atoms with Crippen molar-refractivity contribution in [3.05, 3.63) is 65.7 Å². The number of esters is 1. The molecule has 1 heterocycles. The molecule has 1 fully saturated rings. The third kappa shape index (κ3) is 5.53. The van der Waals surface area contributed by atoms with Crippen LogP contribution in [-0.2, 0) is 14.4 Å². The standard InChI is InChI=1S/C23H24N2O5/c1-17(26)24-13-15-25(16-14-24)21(27)11-12-22(28)30-20-9-7-19(8-10-20)23(29)18-5-3-2-4-6-18/h2-10H,11-16H2,1H3. The lowest BCUT2D eigenvalue weighted by molar-refractivity contribution is -0.141. The van der Waals surface area contributed by atoms with E-state index in [4.69, 9.17) is 4.74 Å². The van der Waals surface area contributed by atoms with Crippen molar-refractivity contribution in [1.29, 1.82) is 0 Å². The van der Waals surface area contributed by atoms with Gasteiger partial charge in [-0.1, -0.05) is 30.3 Å². The Morgan fingerprint density at radius 2 is 1.33 bits per heavy atom. The van der Waals surface area contributed by atoms with Crippen LogP contribution in [0.4, 0.5) is 0 Å². The monoisotopic (exact) mass is 408 g/mol. The summed E-state index contributed by atoms with van der Waals surface area (Å²) in [6.45, 7) is 3.49. The zero-order valence-corrected chi connectivity index (χ0v) is 16.9. The van der Waals surface area contributed by atoms with Gasteiger partial charge in [-0.05, 0) is 24.3 Å². The van der Waals surface area contributed by atoms with Crippen LogP contribution in [0.5, 0.6) is 5.75 Å². The van der Waals surface area contributed by atoms with Crippen LogP contribution >= 0.6 is 0 Å². The zero-order valence-electron chi connectivity index (χ0n) is 16.9. The van der Waals surface area contributed by atoms with Gasteiger partial charge in [-0.2, -0.15) is 0 Å². The van der Waals surface area contributed by atoms with Gasteiger partial charge in [0.05, 0.1) is 6.42 Å². The first-order valence-electron chi connectivity index (χ1n) is 9.88. The molecule has 1 aliphatic rings. The summed E-state index contributed by atoms with van der Waals surface area (Å²) in [4.78, 5) is 51.4. The Labute approximate surface area is 175 Å². The van der Waals surface area contributed by atoms with E-state index in [9.17, 15) is 19.2 Å². The lowest BCUT2D eigenvalue weighted by atomic mass is 10.0. The first kappa shape index (κ1) is 21.2. The van der Waals surface area contributed by atoms with Gasteiger partial charge in [0.2, 0.25) is 11.8 Å². The summed E-state index contributed by atoms with van der Waals surface area (Å²) in [6, 6.07) is 15.3. The summed E-state index contributed by atoms with van der Waals surface area (Å²) in [5, 5.41) is 0. The number of ketones is 1. The van der Waals surface area contributed by atoms with E-state index >= 15 is 0 Å². The smallest absolute Gasteiger partial charge is 0.311 e. The number of nitrogens with zero attached hydrogens (tertiary/aromatic N) is 2. The molecule has 30 heavy (non-hydrogen) atoms. The third-order valence-electron chi connectivity index (χ3n) is 5.00. The second-order valence-electron chi connectivity index (χ2n) is 7.08. The minimum absolute atomic E-state index is 0.00200. The van der Waals surface area contributed by atoms with E-state index in [-0.39, 0.29) is 30.4 Å². The van der Waals surface area contributed by atoms with Gasteiger partial charge in [-0.15, -0.1) is 0 Å². The minimum Gasteiger partial charge on any atom is -0.427 e. The lowest BCUT2D eigenvalue weighted by Gasteiger charge is -2.34. The molecule has 1 aliphatic heterocycles. The summed E-state index contributed by atoms with van der Waals surface area (Å²) < 4.78 is 5.27. The fraction of sp³-hybridized carbons (Fsp3) is 0.304. The molecule has 0 aliphatic carbocycles. The van der Waals surface area contributed by atoms with Gasteiger partial charge in [0.25, 0.3) is 0 Å². The van der Waals surface area contributed by atoms with Crippen molar-refractivity contribution in [2.75, 3.05) is 26.2 Å². The van der Waals surface area contributed by atoms with Crippen molar-refractivity contribution < 1.29 is 23.9 Å². The lowest BCUT2D eigenvalue weighted by Crippen LogP contribution is -2.50. The average Bonchev–Trinajstić information content (AvgIpc) is 2.78. The van der Waals surface area contributed by atoms with Crippen LogP contribution in [0, 0.1) is 0 Å². The average molecular weight is 408 g/mol. The van der Waals surface area contributed by atoms with E-state index < -0.39 is 5.97 Å². The molecule has 2 amide bonds. The highest BCUT2D eigenvalue weighted by molar-refractivity contribution is 6.09. The summed E-state index contributed by atoms with van der Waals surface area (Å²) in [7, 11) is 0. The van der Waals surface area contributed by atoms with Crippen molar-refractivity contribution in [1.82, 2.24) is 9.80 Å². The molecule has 156 valence electrons. The number of carbonyl (C=O) groups excluding carboxylic acids is 4. The van der Waals surface area contributed by atoms with Gasteiger partial charge >= 0.3 is 5.97 Å². The van der Waals surface area contributed by atoms with Crippen molar-refractivity contribution >= 4 is 23.6 Å². The van der Waals surface area contributed by atoms with Crippen LogP contribution in [0.2, 0.25) is 0 Å². The Hall–Kier alpha value is -3.48. The van der Waals surface area contributed by atoms with Crippen LogP contribution in [0.15, 0.2) is 54.6 Å². The predicted molar refractivity (Wildman–Crippen MR) is 110 cm³/mol. The van der Waals surface area contributed by atoms with Crippen molar-refractivity contribution in [3.63, 3.8) is 0 Å². The van der Waals surface area contributed by atoms with E-state index in [1.54, 1.807) is 58.3 Å². The largest absolute Gasteiger partial charge is 0.427 e. The topological polar surface area (TPSA) is 84.0 Å². The first-order chi connectivity index (χ1) is 14.4. The second-order valence-corrected chi connectivity index (χ2v) is 7.08. The number of benzene rings is 2. The molecule has 0 radical (unpaired) electrons. The maximum absolute atomic E-state index is 12.4. The molecule has 0 unspecified atom stereocenters. The van der Waals surface area contributed by atoms with E-state index in [0.29, 0.717) is 43.1 Å². The predicted octanol–water partition coefficient (Wildman–Crippen LogP) is 2.29. The highest BCUT2D eigenvalue weighted by Crippen LogP contribution is 2.16. The normalized spacial score (nSPS) is 13.6. The molecule has 0 bridgehead atoms. The number of hydrogen-bond donors (Lipinski definition) is 0. The van der Waals surface area contributed by atoms with Crippen molar-refractivity contribution in [2.45, 2.75) is 19.8 Å². The van der Waals surface area contributed by atoms with Crippen LogP contribution in [0.25, 0.3) is 0 Å². The molecule has 0 N–H and O–H groups in total. The number of carbonyl (C=O) groups is 4. The second kappa shape index (κ2) is 9.82. The molecular weight excluding hydrogens is 384 g/mol. The van der Waals surface area contributed by atoms with Gasteiger partial charge in [0, 0.05) is 50.7 Å². The van der Waals surface area contributed by atoms with E-state index in [1.165, 1.54) is 6.92 Å². The summed E-state index contributed by atoms with van der Waals surface area (Å²) in [5.41, 5.74) is 1.09. The Bertz CT molecular complexity index is 916. The third-order valence-corrected chi connectivity index (χ3v) is 5.00. The molecule has 0 aromatic heterocycles. The van der Waals surface area contributed by atoms with Gasteiger partial charge < -0.3 is 14.5 Å². The van der Waals surface area contributed by atoms with E-state index in [2.05, 4.69) is 0 Å². The SMILES string of the molecule is CC(=O)N1CCN(C(=O)CCC(=O)Oc2ccc(C(=O)c3ccccc3)cc2)CC1. The first-order valence-corrected chi connectivity index (χ1v) is 9.88. The van der Waals surface area contributed by atoms with Gasteiger partial charge in [0.1, 0.15) is 5.75 Å². The van der Waals surface area contributed by atoms with Crippen LogP contribution in [0.3, 0.4) is 0 Å². The molecule has 0 saturated carbocycles. The molecule has 1 saturated heterocycles. The summed E-state index contributed by atoms with van der Waals surface area (Å²) in [6.07, 6.45) is 0.0277. The highest BCUT2D eigenvalue weighted by Gasteiger charge is 2.22. The van der Waals surface area contributed by atoms with Crippen molar-refractivity contribution in [2.24, 2.45) is 0 Å². The Morgan fingerprint density at radius 1 is 0.767 bits per heavy atom. The Balaban J connectivity index is 1.45. The molecule has 0 atom stereocenters. The fourth-order valence-corrected chi connectivity index (χ4v) is 3.25. The Morgan fingerprint density at radius 3 is 1.93 bits per heavy atom. The number of hydrogen-bond acceptors (Lipinski definition) is 5. The molecule has 3 rings (SSSR count).